The average molecular weight is 288 g/mol. The zero-order valence-corrected chi connectivity index (χ0v) is 12.8. The molecule has 0 saturated carbocycles. The fourth-order valence-electron chi connectivity index (χ4n) is 2.33. The Bertz CT molecular complexity index is 373. The molecule has 1 atom stereocenters. The van der Waals surface area contributed by atoms with Gasteiger partial charge >= 0.3 is 0 Å². The molecule has 1 aromatic rings. The summed E-state index contributed by atoms with van der Waals surface area (Å²) in [7, 11) is 0. The maximum absolute atomic E-state index is 6.26. The normalized spacial score (nSPS) is 14.5. The molecule has 0 saturated heterocycles. The van der Waals surface area contributed by atoms with E-state index in [0.29, 0.717) is 11.6 Å². The molecule has 0 fully saturated rings. The lowest BCUT2D eigenvalue weighted by molar-refractivity contribution is 0.251. The Hall–Kier alpha value is -0.240. The van der Waals surface area contributed by atoms with Gasteiger partial charge in [-0.25, -0.2) is 0 Å². The van der Waals surface area contributed by atoms with E-state index in [2.05, 4.69) is 13.8 Å². The predicted molar refractivity (Wildman–Crippen MR) is 81.5 cm³/mol. The maximum atomic E-state index is 6.26. The van der Waals surface area contributed by atoms with Gasteiger partial charge in [0.1, 0.15) is 0 Å². The van der Waals surface area contributed by atoms with Crippen LogP contribution in [0.15, 0.2) is 18.2 Å². The molecule has 1 unspecified atom stereocenters. The number of halogens is 2. The van der Waals surface area contributed by atoms with Crippen molar-refractivity contribution in [2.75, 3.05) is 6.54 Å². The molecule has 1 rings (SSSR count). The first-order valence-corrected chi connectivity index (χ1v) is 7.46. The summed E-state index contributed by atoms with van der Waals surface area (Å²) in [6, 6.07) is 5.74. The molecule has 18 heavy (non-hydrogen) atoms. The molecule has 102 valence electrons. The van der Waals surface area contributed by atoms with Gasteiger partial charge in [-0.1, -0.05) is 56.0 Å². The van der Waals surface area contributed by atoms with Gasteiger partial charge in [0, 0.05) is 10.0 Å². The molecule has 0 aliphatic carbocycles. The van der Waals surface area contributed by atoms with Crippen LogP contribution in [0.3, 0.4) is 0 Å². The average Bonchev–Trinajstić information content (AvgIpc) is 2.37. The van der Waals surface area contributed by atoms with Crippen LogP contribution in [0.4, 0.5) is 0 Å². The van der Waals surface area contributed by atoms with Crippen molar-refractivity contribution in [3.8, 4) is 0 Å². The molecule has 0 bridgehead atoms. The Morgan fingerprint density at radius 3 is 2.44 bits per heavy atom. The van der Waals surface area contributed by atoms with Crippen LogP contribution in [0.2, 0.25) is 10.0 Å². The molecule has 1 nitrogen and oxygen atoms in total. The number of hydrogen-bond donors (Lipinski definition) is 1. The standard InChI is InChI=1S/C15H23Cl2N/c1-3-5-8-15(4-2,11-18)10-12-6-7-13(16)9-14(12)17/h6-7,9H,3-5,8,10-11,18H2,1-2H3. The summed E-state index contributed by atoms with van der Waals surface area (Å²) in [4.78, 5) is 0. The Balaban J connectivity index is 2.88. The van der Waals surface area contributed by atoms with Crippen LogP contribution >= 0.6 is 23.2 Å². The quantitative estimate of drug-likeness (QED) is 0.743. The third-order valence-corrected chi connectivity index (χ3v) is 4.41. The van der Waals surface area contributed by atoms with E-state index in [1.165, 1.54) is 12.8 Å². The van der Waals surface area contributed by atoms with E-state index in [9.17, 15) is 0 Å². The first kappa shape index (κ1) is 15.8. The topological polar surface area (TPSA) is 26.0 Å². The van der Waals surface area contributed by atoms with E-state index >= 15 is 0 Å². The van der Waals surface area contributed by atoms with Crippen molar-refractivity contribution in [2.24, 2.45) is 11.1 Å². The lowest BCUT2D eigenvalue weighted by atomic mass is 9.75. The van der Waals surface area contributed by atoms with E-state index in [1.54, 1.807) is 0 Å². The molecule has 0 aliphatic heterocycles. The minimum absolute atomic E-state index is 0.174. The van der Waals surface area contributed by atoms with Gasteiger partial charge in [0.25, 0.3) is 0 Å². The lowest BCUT2D eigenvalue weighted by Crippen LogP contribution is -2.32. The summed E-state index contributed by atoms with van der Waals surface area (Å²) < 4.78 is 0. The molecule has 0 radical (unpaired) electrons. The summed E-state index contributed by atoms with van der Waals surface area (Å²) >= 11 is 12.2. The van der Waals surface area contributed by atoms with Gasteiger partial charge in [0.05, 0.1) is 0 Å². The predicted octanol–water partition coefficient (Wildman–Crippen LogP) is 5.08. The Labute approximate surface area is 121 Å². The molecule has 2 N–H and O–H groups in total. The minimum Gasteiger partial charge on any atom is -0.330 e. The third kappa shape index (κ3) is 4.15. The van der Waals surface area contributed by atoms with Crippen molar-refractivity contribution in [3.05, 3.63) is 33.8 Å². The van der Waals surface area contributed by atoms with Crippen molar-refractivity contribution in [3.63, 3.8) is 0 Å². The fourth-order valence-corrected chi connectivity index (χ4v) is 2.80. The van der Waals surface area contributed by atoms with Crippen LogP contribution in [0.5, 0.6) is 0 Å². The second kappa shape index (κ2) is 7.37. The zero-order valence-electron chi connectivity index (χ0n) is 11.3. The Morgan fingerprint density at radius 2 is 1.94 bits per heavy atom. The Morgan fingerprint density at radius 1 is 1.22 bits per heavy atom. The lowest BCUT2D eigenvalue weighted by Gasteiger charge is -2.32. The van der Waals surface area contributed by atoms with Gasteiger partial charge in [0.2, 0.25) is 0 Å². The molecule has 1 aromatic carbocycles. The molecule has 0 amide bonds. The monoisotopic (exact) mass is 287 g/mol. The number of benzene rings is 1. The summed E-state index contributed by atoms with van der Waals surface area (Å²) in [6.07, 6.45) is 5.61. The van der Waals surface area contributed by atoms with Gasteiger partial charge in [-0.2, -0.15) is 0 Å². The van der Waals surface area contributed by atoms with Gasteiger partial charge in [-0.3, -0.25) is 0 Å². The zero-order chi connectivity index (χ0) is 13.6. The van der Waals surface area contributed by atoms with Crippen LogP contribution in [0.1, 0.15) is 45.1 Å². The highest BCUT2D eigenvalue weighted by Crippen LogP contribution is 2.34. The molecule has 0 heterocycles. The van der Waals surface area contributed by atoms with Crippen LogP contribution in [-0.4, -0.2) is 6.54 Å². The Kier molecular flexibility index (Phi) is 6.48. The van der Waals surface area contributed by atoms with E-state index in [-0.39, 0.29) is 5.41 Å². The summed E-state index contributed by atoms with van der Waals surface area (Å²) in [6.45, 7) is 5.14. The van der Waals surface area contributed by atoms with Gasteiger partial charge < -0.3 is 5.73 Å². The highest BCUT2D eigenvalue weighted by Gasteiger charge is 2.27. The minimum atomic E-state index is 0.174. The van der Waals surface area contributed by atoms with Crippen LogP contribution < -0.4 is 5.73 Å². The molecule has 0 spiro atoms. The van der Waals surface area contributed by atoms with E-state index in [1.807, 2.05) is 18.2 Å². The largest absolute Gasteiger partial charge is 0.330 e. The number of nitrogens with two attached hydrogens (primary N) is 1. The SMILES string of the molecule is CCCCC(CC)(CN)Cc1ccc(Cl)cc1Cl. The van der Waals surface area contributed by atoms with Crippen LogP contribution in [-0.2, 0) is 6.42 Å². The molecule has 3 heteroatoms. The molecule has 0 aliphatic rings. The second-order valence-electron chi connectivity index (χ2n) is 5.07. The van der Waals surface area contributed by atoms with Gasteiger partial charge in [0.15, 0.2) is 0 Å². The first-order valence-electron chi connectivity index (χ1n) is 6.71. The highest BCUT2D eigenvalue weighted by molar-refractivity contribution is 6.35. The summed E-state index contributed by atoms with van der Waals surface area (Å²) in [5, 5.41) is 1.44. The third-order valence-electron chi connectivity index (χ3n) is 3.82. The number of hydrogen-bond acceptors (Lipinski definition) is 1. The molecular weight excluding hydrogens is 265 g/mol. The van der Waals surface area contributed by atoms with Gasteiger partial charge in [-0.15, -0.1) is 0 Å². The second-order valence-corrected chi connectivity index (χ2v) is 5.92. The highest BCUT2D eigenvalue weighted by atomic mass is 35.5. The molecule has 0 aromatic heterocycles. The number of rotatable bonds is 7. The van der Waals surface area contributed by atoms with E-state index in [0.717, 1.165) is 29.8 Å². The van der Waals surface area contributed by atoms with Crippen molar-refractivity contribution in [1.29, 1.82) is 0 Å². The van der Waals surface area contributed by atoms with Crippen LogP contribution in [0.25, 0.3) is 0 Å². The number of unbranched alkanes of at least 4 members (excludes halogenated alkanes) is 1. The van der Waals surface area contributed by atoms with Crippen molar-refractivity contribution >= 4 is 23.2 Å². The van der Waals surface area contributed by atoms with E-state index < -0.39 is 0 Å². The molecular formula is C15H23Cl2N. The van der Waals surface area contributed by atoms with Crippen molar-refractivity contribution in [2.45, 2.75) is 46.0 Å². The van der Waals surface area contributed by atoms with Crippen molar-refractivity contribution < 1.29 is 0 Å². The maximum Gasteiger partial charge on any atom is 0.0453 e. The fraction of sp³-hybridized carbons (Fsp3) is 0.600. The smallest absolute Gasteiger partial charge is 0.0453 e. The summed E-state index contributed by atoms with van der Waals surface area (Å²) in [5.41, 5.74) is 7.35. The first-order chi connectivity index (χ1) is 8.56. The van der Waals surface area contributed by atoms with Crippen molar-refractivity contribution in [1.82, 2.24) is 0 Å². The van der Waals surface area contributed by atoms with Gasteiger partial charge in [-0.05, 0) is 48.9 Å². The summed E-state index contributed by atoms with van der Waals surface area (Å²) in [5.74, 6) is 0. The van der Waals surface area contributed by atoms with Crippen LogP contribution in [0, 0.1) is 5.41 Å². The van der Waals surface area contributed by atoms with E-state index in [4.69, 9.17) is 28.9 Å².